The molecule has 0 saturated heterocycles. The van der Waals surface area contributed by atoms with Crippen LogP contribution < -0.4 is 5.73 Å². The average molecular weight is 137 g/mol. The molecule has 0 aromatic rings. The molecule has 0 aliphatic rings. The van der Waals surface area contributed by atoms with Crippen LogP contribution >= 0.6 is 0 Å². The van der Waals surface area contributed by atoms with E-state index in [0.717, 1.165) is 0 Å². The van der Waals surface area contributed by atoms with Gasteiger partial charge in [-0.2, -0.15) is 0 Å². The summed E-state index contributed by atoms with van der Waals surface area (Å²) in [6.07, 6.45) is -1.75. The molecule has 0 aliphatic carbocycles. The Kier molecular flexibility index (Phi) is 3.02. The zero-order chi connectivity index (χ0) is 7.49. The lowest BCUT2D eigenvalue weighted by Gasteiger charge is -2.21. The summed E-state index contributed by atoms with van der Waals surface area (Å²) in [4.78, 5) is 0. The van der Waals surface area contributed by atoms with Gasteiger partial charge >= 0.3 is 0 Å². The molecule has 0 bridgehead atoms. The molecule has 0 saturated carbocycles. The third-order valence-electron chi connectivity index (χ3n) is 0.688. The monoisotopic (exact) mass is 137 g/mol. The van der Waals surface area contributed by atoms with Gasteiger partial charge in [-0.15, -0.1) is 0 Å². The Bertz CT molecular complexity index is 79.1. The van der Waals surface area contributed by atoms with Crippen molar-refractivity contribution in [3.05, 3.63) is 0 Å². The highest BCUT2D eigenvalue weighted by Gasteiger charge is 2.28. The molecular formula is C4H11NO4. The Balaban J connectivity index is 3.59. The number of ether oxygens (including phenoxy) is 1. The number of rotatable bonds is 3. The molecular weight excluding hydrogens is 126 g/mol. The van der Waals surface area contributed by atoms with E-state index in [2.05, 4.69) is 10.5 Å². The first kappa shape index (κ1) is 8.80. The van der Waals surface area contributed by atoms with Crippen LogP contribution in [0.25, 0.3) is 0 Å². The first-order chi connectivity index (χ1) is 3.98. The van der Waals surface area contributed by atoms with E-state index in [1.54, 1.807) is 6.92 Å². The molecule has 5 heteroatoms. The van der Waals surface area contributed by atoms with E-state index in [1.807, 2.05) is 0 Å². The highest BCUT2D eigenvalue weighted by molar-refractivity contribution is 4.55. The second-order valence-electron chi connectivity index (χ2n) is 1.59. The van der Waals surface area contributed by atoms with Crippen molar-refractivity contribution in [2.75, 3.05) is 6.61 Å². The second-order valence-corrected chi connectivity index (χ2v) is 1.59. The van der Waals surface area contributed by atoms with Crippen LogP contribution in [-0.4, -0.2) is 34.1 Å². The number of hydrogen-bond donors (Lipinski definition) is 4. The summed E-state index contributed by atoms with van der Waals surface area (Å²) in [5.74, 6) is -2.66. The van der Waals surface area contributed by atoms with Gasteiger partial charge in [0.25, 0.3) is 5.91 Å². The molecule has 0 amide bonds. The van der Waals surface area contributed by atoms with Crippen LogP contribution in [-0.2, 0) is 4.74 Å². The largest absolute Gasteiger partial charge is 0.363 e. The van der Waals surface area contributed by atoms with E-state index in [9.17, 15) is 0 Å². The topological polar surface area (TPSA) is 95.9 Å². The normalized spacial score (nSPS) is 15.7. The quantitative estimate of drug-likeness (QED) is 0.335. The predicted molar refractivity (Wildman–Crippen MR) is 29.0 cm³/mol. The number of hydrogen-bond acceptors (Lipinski definition) is 5. The van der Waals surface area contributed by atoms with Crippen molar-refractivity contribution in [3.63, 3.8) is 0 Å². The second kappa shape index (κ2) is 3.09. The summed E-state index contributed by atoms with van der Waals surface area (Å²) >= 11 is 0. The summed E-state index contributed by atoms with van der Waals surface area (Å²) < 4.78 is 4.34. The van der Waals surface area contributed by atoms with Crippen LogP contribution in [0.1, 0.15) is 6.92 Å². The molecule has 0 radical (unpaired) electrons. The summed E-state index contributed by atoms with van der Waals surface area (Å²) in [7, 11) is 0. The van der Waals surface area contributed by atoms with E-state index in [4.69, 9.17) is 15.3 Å². The molecule has 0 fully saturated rings. The van der Waals surface area contributed by atoms with Crippen molar-refractivity contribution < 1.29 is 20.1 Å². The van der Waals surface area contributed by atoms with Gasteiger partial charge in [0.2, 0.25) is 6.29 Å². The molecule has 9 heavy (non-hydrogen) atoms. The smallest absolute Gasteiger partial charge is 0.273 e. The van der Waals surface area contributed by atoms with E-state index in [-0.39, 0.29) is 6.61 Å². The van der Waals surface area contributed by atoms with Gasteiger partial charge in [-0.3, -0.25) is 5.73 Å². The van der Waals surface area contributed by atoms with Crippen LogP contribution in [0.2, 0.25) is 0 Å². The van der Waals surface area contributed by atoms with Gasteiger partial charge in [-0.05, 0) is 6.92 Å². The molecule has 5 nitrogen and oxygen atoms in total. The SMILES string of the molecule is CCOC(O)C(N)(O)O. The molecule has 0 spiro atoms. The Labute approximate surface area is 52.7 Å². The molecule has 0 aliphatic heterocycles. The van der Waals surface area contributed by atoms with E-state index >= 15 is 0 Å². The first-order valence-corrected chi connectivity index (χ1v) is 2.51. The van der Waals surface area contributed by atoms with Crippen molar-refractivity contribution in [2.45, 2.75) is 19.1 Å². The van der Waals surface area contributed by atoms with E-state index in [0.29, 0.717) is 0 Å². The summed E-state index contributed by atoms with van der Waals surface area (Å²) in [6.45, 7) is 1.76. The van der Waals surface area contributed by atoms with Gasteiger partial charge in [-0.25, -0.2) is 0 Å². The Morgan fingerprint density at radius 3 is 2.22 bits per heavy atom. The van der Waals surface area contributed by atoms with Gasteiger partial charge in [-0.1, -0.05) is 0 Å². The van der Waals surface area contributed by atoms with Crippen LogP contribution in [0.3, 0.4) is 0 Å². The van der Waals surface area contributed by atoms with Crippen molar-refractivity contribution in [1.29, 1.82) is 0 Å². The zero-order valence-corrected chi connectivity index (χ0v) is 5.11. The van der Waals surface area contributed by atoms with Gasteiger partial charge < -0.3 is 20.1 Å². The van der Waals surface area contributed by atoms with Crippen LogP contribution in [0.5, 0.6) is 0 Å². The van der Waals surface area contributed by atoms with E-state index in [1.165, 1.54) is 0 Å². The number of aliphatic hydroxyl groups is 3. The third-order valence-corrected chi connectivity index (χ3v) is 0.688. The maximum Gasteiger partial charge on any atom is 0.273 e. The van der Waals surface area contributed by atoms with Gasteiger partial charge in [0.05, 0.1) is 0 Å². The Morgan fingerprint density at radius 1 is 1.67 bits per heavy atom. The summed E-state index contributed by atoms with van der Waals surface area (Å²) in [5, 5.41) is 25.3. The molecule has 0 heterocycles. The minimum absolute atomic E-state index is 0.168. The minimum Gasteiger partial charge on any atom is -0.363 e. The summed E-state index contributed by atoms with van der Waals surface area (Å²) in [5.41, 5.74) is 4.60. The van der Waals surface area contributed by atoms with Gasteiger partial charge in [0.1, 0.15) is 0 Å². The lowest BCUT2D eigenvalue weighted by Crippen LogP contribution is -2.51. The van der Waals surface area contributed by atoms with Crippen molar-refractivity contribution in [3.8, 4) is 0 Å². The highest BCUT2D eigenvalue weighted by Crippen LogP contribution is 1.98. The average Bonchev–Trinajstić information content (AvgIpc) is 1.64. The fourth-order valence-electron chi connectivity index (χ4n) is 0.281. The maximum absolute atomic E-state index is 8.54. The molecule has 1 unspecified atom stereocenters. The molecule has 0 aromatic carbocycles. The fraction of sp³-hybridized carbons (Fsp3) is 1.00. The van der Waals surface area contributed by atoms with Crippen LogP contribution in [0, 0.1) is 0 Å². The lowest BCUT2D eigenvalue weighted by molar-refractivity contribution is -0.300. The lowest BCUT2D eigenvalue weighted by atomic mass is 10.5. The molecule has 5 N–H and O–H groups in total. The molecule has 0 aromatic heterocycles. The minimum atomic E-state index is -2.66. The molecule has 56 valence electrons. The summed E-state index contributed by atoms with van der Waals surface area (Å²) in [6, 6.07) is 0. The van der Waals surface area contributed by atoms with Crippen LogP contribution in [0.15, 0.2) is 0 Å². The van der Waals surface area contributed by atoms with Crippen LogP contribution in [0.4, 0.5) is 0 Å². The standard InChI is InChI=1S/C4H11NO4/c1-2-9-3(6)4(5,7)8/h3,6-8H,2,5H2,1H3. The van der Waals surface area contributed by atoms with Crippen molar-refractivity contribution in [1.82, 2.24) is 0 Å². The Hall–Kier alpha value is -0.200. The highest BCUT2D eigenvalue weighted by atomic mass is 16.7. The number of nitrogens with two attached hydrogens (primary N) is 1. The maximum atomic E-state index is 8.54. The first-order valence-electron chi connectivity index (χ1n) is 2.51. The number of aliphatic hydroxyl groups excluding tert-OH is 1. The fourth-order valence-corrected chi connectivity index (χ4v) is 0.281. The molecule has 1 atom stereocenters. The Morgan fingerprint density at radius 2 is 2.11 bits per heavy atom. The third kappa shape index (κ3) is 3.39. The van der Waals surface area contributed by atoms with Crippen molar-refractivity contribution >= 4 is 0 Å². The van der Waals surface area contributed by atoms with Gasteiger partial charge in [0, 0.05) is 6.61 Å². The van der Waals surface area contributed by atoms with E-state index < -0.39 is 12.2 Å². The predicted octanol–water partition coefficient (Wildman–Crippen LogP) is -2.06. The molecule has 0 rings (SSSR count). The van der Waals surface area contributed by atoms with Gasteiger partial charge in [0.15, 0.2) is 0 Å². The zero-order valence-electron chi connectivity index (χ0n) is 5.11. The van der Waals surface area contributed by atoms with Crippen molar-refractivity contribution in [2.24, 2.45) is 5.73 Å².